The van der Waals surface area contributed by atoms with Crippen LogP contribution in [0, 0.1) is 11.3 Å². The number of aliphatic hydroxyl groups excluding tert-OH is 1. The Balaban J connectivity index is 0.000000491. The van der Waals surface area contributed by atoms with Gasteiger partial charge in [-0.1, -0.05) is 23.4 Å². The molecule has 1 unspecified atom stereocenters. The van der Waals surface area contributed by atoms with Crippen molar-refractivity contribution in [1.29, 1.82) is 5.26 Å². The second-order valence-corrected chi connectivity index (χ2v) is 7.87. The van der Waals surface area contributed by atoms with Gasteiger partial charge in [0.1, 0.15) is 11.8 Å². The van der Waals surface area contributed by atoms with Crippen LogP contribution in [0.15, 0.2) is 40.9 Å². The number of hydrogen-bond acceptors (Lipinski definition) is 7. The molecule has 7 heteroatoms. The highest BCUT2D eigenvalue weighted by molar-refractivity contribution is 5.66. The maximum atomic E-state index is 9.40. The number of aliphatic hydroxyl groups is 1. The zero-order valence-corrected chi connectivity index (χ0v) is 18.1. The van der Waals surface area contributed by atoms with Crippen LogP contribution in [-0.2, 0) is 12.8 Å². The van der Waals surface area contributed by atoms with E-state index in [1.54, 1.807) is 19.1 Å². The van der Waals surface area contributed by atoms with Crippen molar-refractivity contribution in [3.63, 3.8) is 0 Å². The second kappa shape index (κ2) is 10.2. The molecule has 31 heavy (non-hydrogen) atoms. The van der Waals surface area contributed by atoms with Crippen LogP contribution in [0.2, 0.25) is 0 Å². The Bertz CT molecular complexity index is 1070. The molecule has 0 spiro atoms. The number of nitrogens with zero attached hydrogens (tertiary/aromatic N) is 3. The number of nitrogens with two attached hydrogens (primary N) is 1. The standard InChI is InChI=1S/C21H19N3O2.C3H9NO/c1-13(2)25-19-10-9-15(11-16(19)12-22)21-23-20(24-26-21)18-8-4-6-14-5-3-7-17(14)18;1-3(4)2-5/h4,6,8-11,13H,3,5,7H2,1-2H3;3,5H,2,4H2,1H3. The lowest BCUT2D eigenvalue weighted by Gasteiger charge is -2.11. The zero-order valence-electron chi connectivity index (χ0n) is 18.1. The quantitative estimate of drug-likeness (QED) is 0.643. The number of rotatable bonds is 5. The van der Waals surface area contributed by atoms with Crippen molar-refractivity contribution in [1.82, 2.24) is 10.1 Å². The second-order valence-electron chi connectivity index (χ2n) is 7.87. The highest BCUT2D eigenvalue weighted by Crippen LogP contribution is 2.32. The van der Waals surface area contributed by atoms with Gasteiger partial charge in [0.2, 0.25) is 5.82 Å². The number of benzene rings is 2. The number of aromatic nitrogens is 2. The van der Waals surface area contributed by atoms with Gasteiger partial charge in [0, 0.05) is 17.2 Å². The highest BCUT2D eigenvalue weighted by Gasteiger charge is 2.19. The third-order valence-electron chi connectivity index (χ3n) is 4.81. The summed E-state index contributed by atoms with van der Waals surface area (Å²) in [6, 6.07) is 13.7. The fourth-order valence-electron chi connectivity index (χ4n) is 3.39. The first kappa shape index (κ1) is 22.5. The lowest BCUT2D eigenvalue weighted by Crippen LogP contribution is -2.18. The fraction of sp³-hybridized carbons (Fsp3) is 0.375. The molecule has 0 saturated carbocycles. The zero-order chi connectivity index (χ0) is 22.4. The molecule has 3 N–H and O–H groups in total. The molecule has 0 amide bonds. The van der Waals surface area contributed by atoms with Gasteiger partial charge in [-0.25, -0.2) is 0 Å². The molecule has 7 nitrogen and oxygen atoms in total. The predicted molar refractivity (Wildman–Crippen MR) is 118 cm³/mol. The monoisotopic (exact) mass is 420 g/mol. The summed E-state index contributed by atoms with van der Waals surface area (Å²) < 4.78 is 11.1. The fourth-order valence-corrected chi connectivity index (χ4v) is 3.39. The van der Waals surface area contributed by atoms with Gasteiger partial charge < -0.3 is 20.1 Å². The number of ether oxygens (including phenoxy) is 1. The summed E-state index contributed by atoms with van der Waals surface area (Å²) in [6.07, 6.45) is 3.33. The maximum Gasteiger partial charge on any atom is 0.258 e. The molecule has 0 aliphatic heterocycles. The van der Waals surface area contributed by atoms with Crippen LogP contribution < -0.4 is 10.5 Å². The van der Waals surface area contributed by atoms with Gasteiger partial charge in [0.15, 0.2) is 0 Å². The molecular weight excluding hydrogens is 392 g/mol. The number of nitriles is 1. The lowest BCUT2D eigenvalue weighted by atomic mass is 10.0. The molecule has 4 rings (SSSR count). The third kappa shape index (κ3) is 5.48. The first-order valence-electron chi connectivity index (χ1n) is 10.4. The predicted octanol–water partition coefficient (Wildman–Crippen LogP) is 3.88. The average molecular weight is 421 g/mol. The highest BCUT2D eigenvalue weighted by atomic mass is 16.5. The van der Waals surface area contributed by atoms with E-state index < -0.39 is 0 Å². The van der Waals surface area contributed by atoms with Gasteiger partial charge in [0.25, 0.3) is 5.89 Å². The van der Waals surface area contributed by atoms with Gasteiger partial charge in [0.05, 0.1) is 18.3 Å². The summed E-state index contributed by atoms with van der Waals surface area (Å²) in [5.41, 5.74) is 9.94. The first-order valence-corrected chi connectivity index (χ1v) is 10.4. The van der Waals surface area contributed by atoms with Gasteiger partial charge in [-0.2, -0.15) is 10.2 Å². The van der Waals surface area contributed by atoms with E-state index in [4.69, 9.17) is 20.1 Å². The molecule has 1 aliphatic carbocycles. The topological polar surface area (TPSA) is 118 Å². The molecule has 0 saturated heterocycles. The van der Waals surface area contributed by atoms with E-state index >= 15 is 0 Å². The molecule has 0 fully saturated rings. The number of aryl methyl sites for hydroxylation is 1. The van der Waals surface area contributed by atoms with Gasteiger partial charge in [-0.15, -0.1) is 0 Å². The van der Waals surface area contributed by atoms with Crippen LogP contribution in [0.1, 0.15) is 43.9 Å². The molecule has 1 aromatic heterocycles. The molecule has 162 valence electrons. The van der Waals surface area contributed by atoms with Crippen LogP contribution in [0.25, 0.3) is 22.8 Å². The van der Waals surface area contributed by atoms with E-state index in [-0.39, 0.29) is 18.8 Å². The average Bonchev–Trinajstić information content (AvgIpc) is 3.43. The van der Waals surface area contributed by atoms with Crippen molar-refractivity contribution >= 4 is 0 Å². The maximum absolute atomic E-state index is 9.40. The van der Waals surface area contributed by atoms with Crippen molar-refractivity contribution in [2.45, 2.75) is 52.2 Å². The van der Waals surface area contributed by atoms with Crippen molar-refractivity contribution in [2.75, 3.05) is 6.61 Å². The Kier molecular flexibility index (Phi) is 7.40. The Labute approximate surface area is 182 Å². The largest absolute Gasteiger partial charge is 0.490 e. The minimum Gasteiger partial charge on any atom is -0.490 e. The minimum atomic E-state index is -0.0602. The van der Waals surface area contributed by atoms with Crippen LogP contribution in [0.5, 0.6) is 5.75 Å². The Morgan fingerprint density at radius 1 is 1.23 bits per heavy atom. The molecular formula is C24H28N4O3. The van der Waals surface area contributed by atoms with Crippen molar-refractivity contribution < 1.29 is 14.4 Å². The van der Waals surface area contributed by atoms with Crippen LogP contribution in [0.4, 0.5) is 0 Å². The van der Waals surface area contributed by atoms with Gasteiger partial charge in [-0.05, 0) is 69.4 Å². The van der Waals surface area contributed by atoms with Crippen LogP contribution >= 0.6 is 0 Å². The van der Waals surface area contributed by atoms with E-state index in [1.165, 1.54) is 17.5 Å². The summed E-state index contributed by atoms with van der Waals surface area (Å²) >= 11 is 0. The number of hydrogen-bond donors (Lipinski definition) is 2. The Hall–Kier alpha value is -3.21. The van der Waals surface area contributed by atoms with Crippen molar-refractivity contribution in [3.05, 3.63) is 53.1 Å². The minimum absolute atomic E-state index is 0.00290. The van der Waals surface area contributed by atoms with E-state index in [9.17, 15) is 5.26 Å². The van der Waals surface area contributed by atoms with E-state index in [0.717, 1.165) is 18.4 Å². The molecule has 0 bridgehead atoms. The third-order valence-corrected chi connectivity index (χ3v) is 4.81. The molecule has 3 aromatic rings. The summed E-state index contributed by atoms with van der Waals surface area (Å²) in [6.45, 7) is 5.69. The van der Waals surface area contributed by atoms with Gasteiger partial charge in [-0.3, -0.25) is 0 Å². The van der Waals surface area contributed by atoms with E-state index in [0.29, 0.717) is 28.6 Å². The summed E-state index contributed by atoms with van der Waals surface area (Å²) in [4.78, 5) is 4.57. The molecule has 0 radical (unpaired) electrons. The van der Waals surface area contributed by atoms with E-state index in [1.807, 2.05) is 32.0 Å². The van der Waals surface area contributed by atoms with Crippen LogP contribution in [-0.4, -0.2) is 34.0 Å². The Morgan fingerprint density at radius 3 is 2.68 bits per heavy atom. The van der Waals surface area contributed by atoms with E-state index in [2.05, 4.69) is 22.3 Å². The summed E-state index contributed by atoms with van der Waals surface area (Å²) in [5, 5.41) is 21.6. The number of fused-ring (bicyclic) bond motifs is 1. The summed E-state index contributed by atoms with van der Waals surface area (Å²) in [7, 11) is 0. The van der Waals surface area contributed by atoms with Gasteiger partial charge >= 0.3 is 0 Å². The van der Waals surface area contributed by atoms with Crippen molar-refractivity contribution in [2.24, 2.45) is 5.73 Å². The Morgan fingerprint density at radius 2 is 2.00 bits per heavy atom. The molecule has 1 heterocycles. The molecule has 1 atom stereocenters. The summed E-state index contributed by atoms with van der Waals surface area (Å²) in [5.74, 6) is 1.56. The smallest absolute Gasteiger partial charge is 0.258 e. The van der Waals surface area contributed by atoms with Crippen molar-refractivity contribution in [3.8, 4) is 34.7 Å². The SMILES string of the molecule is CC(C)Oc1ccc(-c2nc(-c3cccc4c3CCC4)no2)cc1C#N.CC(N)CO. The molecule has 2 aromatic carbocycles. The van der Waals surface area contributed by atoms with Crippen LogP contribution in [0.3, 0.4) is 0 Å². The lowest BCUT2D eigenvalue weighted by molar-refractivity contribution is 0.241. The molecule has 1 aliphatic rings. The normalized spacial score (nSPS) is 13.2. The first-order chi connectivity index (χ1) is 14.9.